The predicted molar refractivity (Wildman–Crippen MR) is 117 cm³/mol. The van der Waals surface area contributed by atoms with Crippen molar-refractivity contribution in [3.63, 3.8) is 0 Å². The Labute approximate surface area is 177 Å². The molecule has 2 fully saturated rings. The van der Waals surface area contributed by atoms with Crippen LogP contribution in [0.5, 0.6) is 0 Å². The summed E-state index contributed by atoms with van der Waals surface area (Å²) in [7, 11) is 0. The van der Waals surface area contributed by atoms with Gasteiger partial charge in [0.2, 0.25) is 5.91 Å². The van der Waals surface area contributed by atoms with Crippen molar-refractivity contribution >= 4 is 17.7 Å². The van der Waals surface area contributed by atoms with Crippen LogP contribution in [-0.4, -0.2) is 5.91 Å². The van der Waals surface area contributed by atoms with Gasteiger partial charge in [-0.05, 0) is 78.8 Å². The zero-order valence-corrected chi connectivity index (χ0v) is 17.1. The van der Waals surface area contributed by atoms with Gasteiger partial charge in [0.25, 0.3) is 0 Å². The summed E-state index contributed by atoms with van der Waals surface area (Å²) in [6.45, 7) is 0. The summed E-state index contributed by atoms with van der Waals surface area (Å²) in [4.78, 5) is 13.3. The molecule has 2 aromatic rings. The number of hydrogen-bond acceptors (Lipinski definition) is 2. The molecule has 3 nitrogen and oxygen atoms in total. The normalized spacial score (nSPS) is 17.7. The first-order valence-corrected chi connectivity index (χ1v) is 10.9. The second-order valence-electron chi connectivity index (χ2n) is 8.60. The van der Waals surface area contributed by atoms with Crippen LogP contribution >= 0.6 is 0 Å². The van der Waals surface area contributed by atoms with Crippen molar-refractivity contribution in [2.24, 2.45) is 11.8 Å². The lowest BCUT2D eigenvalue weighted by atomic mass is 9.83. The fourth-order valence-corrected chi connectivity index (χ4v) is 4.54. The zero-order valence-electron chi connectivity index (χ0n) is 17.1. The van der Waals surface area contributed by atoms with Gasteiger partial charge < -0.3 is 5.32 Å². The van der Waals surface area contributed by atoms with E-state index in [9.17, 15) is 9.18 Å². The average Bonchev–Trinajstić information content (AvgIpc) is 3.40. The van der Waals surface area contributed by atoms with Gasteiger partial charge in [0.1, 0.15) is 5.82 Å². The van der Waals surface area contributed by atoms with Gasteiger partial charge >= 0.3 is 0 Å². The number of nitrogens with zero attached hydrogens (tertiary/aromatic N) is 1. The van der Waals surface area contributed by atoms with Crippen molar-refractivity contribution in [2.45, 2.75) is 50.9 Å². The van der Waals surface area contributed by atoms with Crippen LogP contribution in [0.15, 0.2) is 48.5 Å². The van der Waals surface area contributed by atoms with E-state index >= 15 is 0 Å². The number of carbonyl (C=O) groups is 1. The minimum Gasteiger partial charge on any atom is -0.323 e. The number of rotatable bonds is 7. The Morgan fingerprint density at radius 2 is 1.87 bits per heavy atom. The van der Waals surface area contributed by atoms with Gasteiger partial charge in [-0.15, -0.1) is 0 Å². The molecule has 154 valence electrons. The number of carbonyl (C=O) groups excluding carboxylic acids is 1. The molecule has 2 aliphatic rings. The second kappa shape index (κ2) is 9.26. The third-order valence-corrected chi connectivity index (χ3v) is 6.31. The molecule has 30 heavy (non-hydrogen) atoms. The standard InChI is InChI=1S/C26H27FN2O/c27-23-14-11-20(16-19-7-8-19)17-24(23)29-26(30)25(21-5-1-2-6-21)22-12-9-18(10-13-22)4-3-15-28/h3-4,9-14,17,19,21,25H,1-2,5-8,16H2,(H,29,30)/b4-3+/t25-/m0/s1. The van der Waals surface area contributed by atoms with Crippen molar-refractivity contribution in [3.05, 3.63) is 71.0 Å². The molecule has 0 aromatic heterocycles. The number of anilines is 1. The quantitative estimate of drug-likeness (QED) is 0.558. The van der Waals surface area contributed by atoms with Crippen LogP contribution in [0, 0.1) is 29.0 Å². The van der Waals surface area contributed by atoms with Gasteiger partial charge in [-0.3, -0.25) is 4.79 Å². The highest BCUT2D eigenvalue weighted by Gasteiger charge is 2.32. The van der Waals surface area contributed by atoms with Gasteiger partial charge in [0.15, 0.2) is 0 Å². The highest BCUT2D eigenvalue weighted by atomic mass is 19.1. The highest BCUT2D eigenvalue weighted by molar-refractivity contribution is 5.96. The Bertz CT molecular complexity index is 964. The maximum Gasteiger partial charge on any atom is 0.232 e. The second-order valence-corrected chi connectivity index (χ2v) is 8.60. The SMILES string of the molecule is N#C/C=C/c1ccc([C@@H](C(=O)Nc2cc(CC3CC3)ccc2F)C2CCCC2)cc1. The Kier molecular flexibility index (Phi) is 6.28. The van der Waals surface area contributed by atoms with Crippen molar-refractivity contribution in [3.8, 4) is 6.07 Å². The molecule has 2 aliphatic carbocycles. The monoisotopic (exact) mass is 402 g/mol. The lowest BCUT2D eigenvalue weighted by Gasteiger charge is -2.23. The topological polar surface area (TPSA) is 52.9 Å². The van der Waals surface area contributed by atoms with Crippen LogP contribution < -0.4 is 5.32 Å². The zero-order chi connectivity index (χ0) is 20.9. The predicted octanol–water partition coefficient (Wildman–Crippen LogP) is 6.23. The third-order valence-electron chi connectivity index (χ3n) is 6.31. The Morgan fingerprint density at radius 3 is 2.53 bits per heavy atom. The van der Waals surface area contributed by atoms with Gasteiger partial charge in [0.05, 0.1) is 17.7 Å². The number of hydrogen-bond donors (Lipinski definition) is 1. The van der Waals surface area contributed by atoms with Gasteiger partial charge in [0, 0.05) is 6.08 Å². The fourth-order valence-electron chi connectivity index (χ4n) is 4.54. The number of nitrogens with one attached hydrogen (secondary N) is 1. The van der Waals surface area contributed by atoms with E-state index < -0.39 is 0 Å². The molecule has 0 aliphatic heterocycles. The van der Waals surface area contributed by atoms with Gasteiger partial charge in [-0.1, -0.05) is 43.2 Å². The van der Waals surface area contributed by atoms with E-state index in [1.165, 1.54) is 25.0 Å². The van der Waals surface area contributed by atoms with Crippen LogP contribution in [0.4, 0.5) is 10.1 Å². The molecule has 0 radical (unpaired) electrons. The molecule has 0 bridgehead atoms. The van der Waals surface area contributed by atoms with Crippen LogP contribution in [0.25, 0.3) is 6.08 Å². The van der Waals surface area contributed by atoms with Crippen LogP contribution in [0.3, 0.4) is 0 Å². The fraction of sp³-hybridized carbons (Fsp3) is 0.385. The first kappa shape index (κ1) is 20.3. The number of halogens is 1. The third kappa shape index (κ3) is 4.97. The number of nitriles is 1. The molecular formula is C26H27FN2O. The van der Waals surface area contributed by atoms with E-state index in [4.69, 9.17) is 5.26 Å². The summed E-state index contributed by atoms with van der Waals surface area (Å²) in [6, 6.07) is 14.8. The van der Waals surface area contributed by atoms with E-state index in [0.29, 0.717) is 5.92 Å². The molecule has 2 saturated carbocycles. The molecule has 0 heterocycles. The van der Waals surface area contributed by atoms with Crippen molar-refractivity contribution < 1.29 is 9.18 Å². The maximum atomic E-state index is 14.4. The summed E-state index contributed by atoms with van der Waals surface area (Å²) in [5, 5.41) is 11.6. The number of amides is 1. The Balaban J connectivity index is 1.56. The number of allylic oxidation sites excluding steroid dienone is 1. The van der Waals surface area contributed by atoms with E-state index in [1.54, 1.807) is 12.1 Å². The van der Waals surface area contributed by atoms with Crippen LogP contribution in [-0.2, 0) is 11.2 Å². The minimum absolute atomic E-state index is 0.135. The molecule has 2 aromatic carbocycles. The first-order valence-electron chi connectivity index (χ1n) is 10.9. The van der Waals surface area contributed by atoms with E-state index in [2.05, 4.69) is 5.32 Å². The molecule has 1 atom stereocenters. The lowest BCUT2D eigenvalue weighted by molar-refractivity contribution is -0.118. The summed E-state index contributed by atoms with van der Waals surface area (Å²) in [6.07, 6.45) is 10.9. The van der Waals surface area contributed by atoms with E-state index in [1.807, 2.05) is 36.4 Å². The average molecular weight is 403 g/mol. The molecule has 4 rings (SSSR count). The summed E-state index contributed by atoms with van der Waals surface area (Å²) >= 11 is 0. The molecular weight excluding hydrogens is 375 g/mol. The maximum absolute atomic E-state index is 14.4. The summed E-state index contributed by atoms with van der Waals surface area (Å²) in [5.74, 6) is 0.157. The smallest absolute Gasteiger partial charge is 0.232 e. The number of benzene rings is 2. The largest absolute Gasteiger partial charge is 0.323 e. The lowest BCUT2D eigenvalue weighted by Crippen LogP contribution is -2.27. The van der Waals surface area contributed by atoms with Crippen molar-refractivity contribution in [1.29, 1.82) is 5.26 Å². The molecule has 0 saturated heterocycles. The summed E-state index contributed by atoms with van der Waals surface area (Å²) < 4.78 is 14.4. The minimum atomic E-state index is -0.384. The Hall–Kier alpha value is -2.93. The van der Waals surface area contributed by atoms with Crippen LogP contribution in [0.1, 0.15) is 61.1 Å². The molecule has 1 amide bonds. The molecule has 0 spiro atoms. The van der Waals surface area contributed by atoms with Gasteiger partial charge in [-0.25, -0.2) is 4.39 Å². The van der Waals surface area contributed by atoms with E-state index in [0.717, 1.165) is 48.8 Å². The highest BCUT2D eigenvalue weighted by Crippen LogP contribution is 2.39. The first-order chi connectivity index (χ1) is 14.6. The molecule has 1 N–H and O–H groups in total. The molecule has 4 heteroatoms. The Morgan fingerprint density at radius 1 is 1.13 bits per heavy atom. The molecule has 0 unspecified atom stereocenters. The van der Waals surface area contributed by atoms with Crippen LogP contribution in [0.2, 0.25) is 0 Å². The van der Waals surface area contributed by atoms with Crippen molar-refractivity contribution in [1.82, 2.24) is 0 Å². The van der Waals surface area contributed by atoms with Crippen molar-refractivity contribution in [2.75, 3.05) is 5.32 Å². The van der Waals surface area contributed by atoms with Gasteiger partial charge in [-0.2, -0.15) is 5.26 Å². The summed E-state index contributed by atoms with van der Waals surface area (Å²) in [5.41, 5.74) is 3.24. The van der Waals surface area contributed by atoms with E-state index in [-0.39, 0.29) is 29.2 Å².